The monoisotopic (exact) mass is 376 g/mol. The summed E-state index contributed by atoms with van der Waals surface area (Å²) >= 11 is 0. The first-order valence-corrected chi connectivity index (χ1v) is 6.70. The van der Waals surface area contributed by atoms with Crippen molar-refractivity contribution in [2.24, 2.45) is 0 Å². The Labute approximate surface area is 170 Å². The van der Waals surface area contributed by atoms with Crippen LogP contribution in [0.4, 0.5) is 0 Å². The van der Waals surface area contributed by atoms with Gasteiger partial charge in [0.05, 0.1) is 0 Å². The molecule has 2 rings (SSSR count). The van der Waals surface area contributed by atoms with Crippen LogP contribution in [-0.2, 0) is 22.6 Å². The number of carboxylic acids is 1. The second-order valence-electron chi connectivity index (χ2n) is 4.68. The Hall–Kier alpha value is -0.849. The summed E-state index contributed by atoms with van der Waals surface area (Å²) in [6.45, 7) is 0.510. The second kappa shape index (κ2) is 10.0. The zero-order valence-electron chi connectivity index (χ0n) is 14.6. The summed E-state index contributed by atoms with van der Waals surface area (Å²) in [6.07, 6.45) is -0.480. The van der Waals surface area contributed by atoms with Gasteiger partial charge < -0.3 is 17.4 Å². The van der Waals surface area contributed by atoms with Crippen molar-refractivity contribution in [1.29, 1.82) is 0 Å². The van der Waals surface area contributed by atoms with Crippen molar-refractivity contribution < 1.29 is 22.2 Å². The quantitative estimate of drug-likeness (QED) is 0.756. The summed E-state index contributed by atoms with van der Waals surface area (Å²) in [7, 11) is 1.40. The second-order valence-corrected chi connectivity index (χ2v) is 4.68. The number of benzene rings is 2. The number of carboxylic acid groups (broad SMARTS) is 1. The van der Waals surface area contributed by atoms with Gasteiger partial charge in [-0.1, -0.05) is 42.5 Å². The van der Waals surface area contributed by atoms with Gasteiger partial charge in [-0.25, -0.2) is 4.79 Å². The van der Waals surface area contributed by atoms with Crippen LogP contribution in [0.25, 0.3) is 0 Å². The number of hydrogen-bond acceptors (Lipinski definition) is 3. The van der Waals surface area contributed by atoms with E-state index in [4.69, 9.17) is 14.6 Å². The molecule has 0 aliphatic heterocycles. The Kier molecular flexibility index (Phi) is 8.75. The van der Waals surface area contributed by atoms with Crippen LogP contribution in [0.2, 0.25) is 0 Å². The van der Waals surface area contributed by atoms with E-state index >= 15 is 0 Å². The van der Waals surface area contributed by atoms with Crippen molar-refractivity contribution in [2.75, 3.05) is 7.11 Å². The van der Waals surface area contributed by atoms with Crippen molar-refractivity contribution in [2.45, 2.75) is 19.1 Å². The van der Waals surface area contributed by atoms with E-state index in [9.17, 15) is 4.79 Å². The van der Waals surface area contributed by atoms with Gasteiger partial charge in [0.15, 0.2) is 6.10 Å². The number of aliphatic carboxylic acids is 1. The Morgan fingerprint density at radius 2 is 1.73 bits per heavy atom. The normalized spacial score (nSPS) is 11.3. The van der Waals surface area contributed by atoms with Gasteiger partial charge in [-0.3, -0.25) is 0 Å². The minimum Gasteiger partial charge on any atom is -1.00 e. The molecule has 0 aliphatic carbocycles. The van der Waals surface area contributed by atoms with Crippen LogP contribution >= 0.6 is 0 Å². The van der Waals surface area contributed by atoms with E-state index in [1.54, 1.807) is 0 Å². The summed E-state index contributed by atoms with van der Waals surface area (Å²) in [5.74, 6) is -0.200. The number of ether oxygens (including phenoxy) is 2. The molecule has 0 aromatic heterocycles. The van der Waals surface area contributed by atoms with Gasteiger partial charge in [-0.2, -0.15) is 0 Å². The van der Waals surface area contributed by atoms with Gasteiger partial charge in [0.25, 0.3) is 0 Å². The minimum atomic E-state index is -0.957. The summed E-state index contributed by atoms with van der Waals surface area (Å²) in [5, 5.41) is 8.95. The smallest absolute Gasteiger partial charge is 1.00 e. The van der Waals surface area contributed by atoms with Gasteiger partial charge in [-0.05, 0) is 23.3 Å². The topological polar surface area (TPSA) is 55.8 Å². The molecule has 0 heterocycles. The van der Waals surface area contributed by atoms with Gasteiger partial charge in [0.1, 0.15) is 12.4 Å². The molecule has 0 radical (unpaired) electrons. The maximum Gasteiger partial charge on any atom is 2.00 e. The summed E-state index contributed by atoms with van der Waals surface area (Å²) in [5.41, 5.74) is 2.00. The molecule has 0 bridgehead atoms. The molecule has 0 aliphatic rings. The van der Waals surface area contributed by atoms with Crippen LogP contribution < -0.4 is 4.74 Å². The molecular formula is C17H20O4Sr. The fourth-order valence-corrected chi connectivity index (χ4v) is 1.95. The summed E-state index contributed by atoms with van der Waals surface area (Å²) in [6, 6.07) is 17.3. The SMILES string of the molecule is COC(Cc1ccc(OCc2ccccc2)cc1)C(=O)O.[H-].[H-].[Sr+2]. The average Bonchev–Trinajstić information content (AvgIpc) is 2.52. The zero-order chi connectivity index (χ0) is 15.1. The van der Waals surface area contributed by atoms with E-state index < -0.39 is 12.1 Å². The van der Waals surface area contributed by atoms with Gasteiger partial charge >= 0.3 is 51.5 Å². The average molecular weight is 376 g/mol. The van der Waals surface area contributed by atoms with Crippen LogP contribution in [0, 0.1) is 0 Å². The molecule has 2 aromatic carbocycles. The number of methoxy groups -OCH3 is 1. The first-order valence-electron chi connectivity index (χ1n) is 6.70. The molecule has 114 valence electrons. The van der Waals surface area contributed by atoms with Crippen LogP contribution in [0.5, 0.6) is 5.75 Å². The molecule has 2 aromatic rings. The van der Waals surface area contributed by atoms with E-state index in [-0.39, 0.29) is 48.3 Å². The van der Waals surface area contributed by atoms with E-state index in [2.05, 4.69) is 0 Å². The molecular weight excluding hydrogens is 356 g/mol. The zero-order valence-corrected chi connectivity index (χ0v) is 16.0. The van der Waals surface area contributed by atoms with Gasteiger partial charge in [-0.15, -0.1) is 0 Å². The maximum absolute atomic E-state index is 10.9. The fraction of sp³-hybridized carbons (Fsp3) is 0.235. The predicted octanol–water partition coefficient (Wildman–Crippen LogP) is 2.75. The number of hydrogen-bond donors (Lipinski definition) is 1. The van der Waals surface area contributed by atoms with E-state index in [1.165, 1.54) is 7.11 Å². The van der Waals surface area contributed by atoms with Crippen molar-refractivity contribution in [3.05, 3.63) is 65.7 Å². The van der Waals surface area contributed by atoms with Crippen LogP contribution in [0.15, 0.2) is 54.6 Å². The molecule has 4 nitrogen and oxygen atoms in total. The molecule has 0 fully saturated rings. The molecule has 0 amide bonds. The third kappa shape index (κ3) is 6.10. The molecule has 0 saturated carbocycles. The molecule has 5 heteroatoms. The predicted molar refractivity (Wildman–Crippen MR) is 87.3 cm³/mol. The fourth-order valence-electron chi connectivity index (χ4n) is 1.95. The van der Waals surface area contributed by atoms with Gasteiger partial charge in [0.2, 0.25) is 0 Å². The van der Waals surface area contributed by atoms with Crippen LogP contribution in [0.1, 0.15) is 14.0 Å². The van der Waals surface area contributed by atoms with Crippen molar-refractivity contribution in [3.63, 3.8) is 0 Å². The Morgan fingerprint density at radius 3 is 2.27 bits per heavy atom. The maximum atomic E-state index is 10.9. The molecule has 1 atom stereocenters. The minimum absolute atomic E-state index is 0. The standard InChI is InChI=1S/C17H18O4.Sr.2H/c1-20-16(17(18)19)11-13-7-9-15(10-8-13)21-12-14-5-3-2-4-6-14;;;/h2-10,16H,11-12H2,1H3,(H,18,19);;;/q;+2;2*-1. The number of carbonyl (C=O) groups is 1. The third-order valence-corrected chi connectivity index (χ3v) is 3.15. The van der Waals surface area contributed by atoms with Crippen LogP contribution in [-0.4, -0.2) is 69.8 Å². The third-order valence-electron chi connectivity index (χ3n) is 3.15. The first kappa shape index (κ1) is 19.2. The van der Waals surface area contributed by atoms with Gasteiger partial charge in [0, 0.05) is 13.5 Å². The first-order chi connectivity index (χ1) is 10.2. The molecule has 0 saturated heterocycles. The van der Waals surface area contributed by atoms with E-state index in [1.807, 2.05) is 54.6 Å². The molecule has 1 unspecified atom stereocenters. The van der Waals surface area contributed by atoms with E-state index in [0.717, 1.165) is 16.9 Å². The summed E-state index contributed by atoms with van der Waals surface area (Å²) in [4.78, 5) is 10.9. The van der Waals surface area contributed by atoms with Crippen LogP contribution in [0.3, 0.4) is 0 Å². The molecule has 0 spiro atoms. The van der Waals surface area contributed by atoms with Crippen molar-refractivity contribution >= 4 is 51.5 Å². The Balaban J connectivity index is 0. The Morgan fingerprint density at radius 1 is 1.09 bits per heavy atom. The molecule has 1 N–H and O–H groups in total. The van der Waals surface area contributed by atoms with E-state index in [0.29, 0.717) is 13.0 Å². The summed E-state index contributed by atoms with van der Waals surface area (Å²) < 4.78 is 10.6. The largest absolute Gasteiger partial charge is 2.00 e. The molecule has 22 heavy (non-hydrogen) atoms. The van der Waals surface area contributed by atoms with Crippen molar-refractivity contribution in [1.82, 2.24) is 0 Å². The van der Waals surface area contributed by atoms with Crippen molar-refractivity contribution in [3.8, 4) is 5.75 Å². The number of rotatable bonds is 7. The Bertz CT molecular complexity index is 579.